The summed E-state index contributed by atoms with van der Waals surface area (Å²) in [6, 6.07) is 8.39. The standard InChI is InChI=1S/C17H24N2O2/c1-4-13-5-7-14(8-6-13)9-10-15(20)19-12-11-18-16(21)17(19,2)3/h5-8H,4,9-12H2,1-3H3,(H,18,21). The molecule has 0 unspecified atom stereocenters. The zero-order valence-corrected chi connectivity index (χ0v) is 13.1. The largest absolute Gasteiger partial charge is 0.352 e. The molecule has 2 rings (SSSR count). The normalized spacial score (nSPS) is 17.5. The second-order valence-corrected chi connectivity index (χ2v) is 6.03. The summed E-state index contributed by atoms with van der Waals surface area (Å²) >= 11 is 0. The van der Waals surface area contributed by atoms with Crippen LogP contribution in [-0.4, -0.2) is 35.3 Å². The molecule has 114 valence electrons. The molecule has 0 spiro atoms. The zero-order chi connectivity index (χ0) is 15.5. The van der Waals surface area contributed by atoms with Crippen molar-refractivity contribution in [1.29, 1.82) is 0 Å². The van der Waals surface area contributed by atoms with Crippen LogP contribution in [0.3, 0.4) is 0 Å². The predicted molar refractivity (Wildman–Crippen MR) is 82.9 cm³/mol. The molecular formula is C17H24N2O2. The number of aryl methyl sites for hydroxylation is 2. The third-order valence-corrected chi connectivity index (χ3v) is 4.21. The van der Waals surface area contributed by atoms with Gasteiger partial charge in [0.1, 0.15) is 5.54 Å². The topological polar surface area (TPSA) is 49.4 Å². The first-order chi connectivity index (χ1) is 9.95. The molecule has 0 bridgehead atoms. The molecule has 0 saturated carbocycles. The molecule has 1 aromatic carbocycles. The minimum Gasteiger partial charge on any atom is -0.352 e. The molecule has 1 heterocycles. The number of hydrogen-bond acceptors (Lipinski definition) is 2. The lowest BCUT2D eigenvalue weighted by Gasteiger charge is -2.41. The van der Waals surface area contributed by atoms with Crippen molar-refractivity contribution in [1.82, 2.24) is 10.2 Å². The van der Waals surface area contributed by atoms with E-state index < -0.39 is 5.54 Å². The second kappa shape index (κ2) is 6.29. The highest BCUT2D eigenvalue weighted by molar-refractivity contribution is 5.91. The molecule has 1 N–H and O–H groups in total. The fourth-order valence-corrected chi connectivity index (χ4v) is 2.66. The summed E-state index contributed by atoms with van der Waals surface area (Å²) in [7, 11) is 0. The summed E-state index contributed by atoms with van der Waals surface area (Å²) in [5.41, 5.74) is 1.72. The smallest absolute Gasteiger partial charge is 0.245 e. The molecule has 1 saturated heterocycles. The van der Waals surface area contributed by atoms with Gasteiger partial charge in [-0.15, -0.1) is 0 Å². The van der Waals surface area contributed by atoms with Crippen LogP contribution >= 0.6 is 0 Å². The summed E-state index contributed by atoms with van der Waals surface area (Å²) in [5, 5.41) is 2.81. The number of hydrogen-bond donors (Lipinski definition) is 1. The lowest BCUT2D eigenvalue weighted by Crippen LogP contribution is -2.63. The molecule has 0 aromatic heterocycles. The van der Waals surface area contributed by atoms with E-state index in [-0.39, 0.29) is 11.8 Å². The lowest BCUT2D eigenvalue weighted by atomic mass is 9.97. The monoisotopic (exact) mass is 288 g/mol. The minimum atomic E-state index is -0.749. The van der Waals surface area contributed by atoms with E-state index in [0.717, 1.165) is 12.8 Å². The number of carbonyl (C=O) groups is 2. The van der Waals surface area contributed by atoms with Crippen LogP contribution in [-0.2, 0) is 22.4 Å². The van der Waals surface area contributed by atoms with Crippen molar-refractivity contribution in [2.75, 3.05) is 13.1 Å². The first kappa shape index (κ1) is 15.5. The number of nitrogens with zero attached hydrogens (tertiary/aromatic N) is 1. The van der Waals surface area contributed by atoms with Crippen LogP contribution in [0.2, 0.25) is 0 Å². The van der Waals surface area contributed by atoms with Crippen molar-refractivity contribution in [2.24, 2.45) is 0 Å². The summed E-state index contributed by atoms with van der Waals surface area (Å²) in [6.45, 7) is 6.86. The Labute approximate surface area is 126 Å². The molecule has 1 aliphatic rings. The highest BCUT2D eigenvalue weighted by Crippen LogP contribution is 2.19. The van der Waals surface area contributed by atoms with Crippen LogP contribution < -0.4 is 5.32 Å². The average molecular weight is 288 g/mol. The maximum absolute atomic E-state index is 12.4. The van der Waals surface area contributed by atoms with Crippen LogP contribution in [0.1, 0.15) is 38.3 Å². The average Bonchev–Trinajstić information content (AvgIpc) is 2.48. The van der Waals surface area contributed by atoms with Gasteiger partial charge in [-0.05, 0) is 37.8 Å². The number of carbonyl (C=O) groups excluding carboxylic acids is 2. The van der Waals surface area contributed by atoms with Crippen molar-refractivity contribution in [2.45, 2.75) is 45.6 Å². The number of rotatable bonds is 4. The van der Waals surface area contributed by atoms with Gasteiger partial charge in [-0.3, -0.25) is 9.59 Å². The molecule has 21 heavy (non-hydrogen) atoms. The van der Waals surface area contributed by atoms with Gasteiger partial charge >= 0.3 is 0 Å². The van der Waals surface area contributed by atoms with Crippen LogP contribution in [0.15, 0.2) is 24.3 Å². The highest BCUT2D eigenvalue weighted by atomic mass is 16.2. The Balaban J connectivity index is 1.96. The van der Waals surface area contributed by atoms with E-state index in [0.29, 0.717) is 19.5 Å². The summed E-state index contributed by atoms with van der Waals surface area (Å²) in [4.78, 5) is 26.0. The second-order valence-electron chi connectivity index (χ2n) is 6.03. The van der Waals surface area contributed by atoms with E-state index in [2.05, 4.69) is 36.5 Å². The van der Waals surface area contributed by atoms with Crippen molar-refractivity contribution < 1.29 is 9.59 Å². The molecule has 0 aliphatic carbocycles. The highest BCUT2D eigenvalue weighted by Gasteiger charge is 2.39. The Morgan fingerprint density at radius 3 is 2.48 bits per heavy atom. The maximum Gasteiger partial charge on any atom is 0.245 e. The zero-order valence-electron chi connectivity index (χ0n) is 13.1. The number of benzene rings is 1. The van der Waals surface area contributed by atoms with Crippen LogP contribution in [0.5, 0.6) is 0 Å². The molecule has 4 nitrogen and oxygen atoms in total. The fourth-order valence-electron chi connectivity index (χ4n) is 2.66. The van der Waals surface area contributed by atoms with Gasteiger partial charge in [-0.2, -0.15) is 0 Å². The van der Waals surface area contributed by atoms with Gasteiger partial charge in [0, 0.05) is 19.5 Å². The maximum atomic E-state index is 12.4. The van der Waals surface area contributed by atoms with E-state index in [1.54, 1.807) is 18.7 Å². The summed E-state index contributed by atoms with van der Waals surface area (Å²) in [6.07, 6.45) is 2.19. The Morgan fingerprint density at radius 2 is 1.86 bits per heavy atom. The fraction of sp³-hybridized carbons (Fsp3) is 0.529. The summed E-state index contributed by atoms with van der Waals surface area (Å²) in [5.74, 6) is -0.0242. The quantitative estimate of drug-likeness (QED) is 0.920. The molecule has 4 heteroatoms. The van der Waals surface area contributed by atoms with E-state index in [1.807, 2.05) is 0 Å². The summed E-state index contributed by atoms with van der Waals surface area (Å²) < 4.78 is 0. The molecule has 2 amide bonds. The van der Waals surface area contributed by atoms with E-state index in [4.69, 9.17) is 0 Å². The predicted octanol–water partition coefficient (Wildman–Crippen LogP) is 1.92. The van der Waals surface area contributed by atoms with Gasteiger partial charge in [0.15, 0.2) is 0 Å². The van der Waals surface area contributed by atoms with Gasteiger partial charge in [0.25, 0.3) is 0 Å². The lowest BCUT2D eigenvalue weighted by molar-refractivity contribution is -0.149. The number of nitrogens with one attached hydrogen (secondary N) is 1. The molecule has 0 atom stereocenters. The Kier molecular flexibility index (Phi) is 4.66. The number of piperazine rings is 1. The third-order valence-electron chi connectivity index (χ3n) is 4.21. The van der Waals surface area contributed by atoms with E-state index >= 15 is 0 Å². The molecular weight excluding hydrogens is 264 g/mol. The van der Waals surface area contributed by atoms with Crippen molar-refractivity contribution in [3.8, 4) is 0 Å². The molecule has 1 aromatic rings. The van der Waals surface area contributed by atoms with E-state index in [1.165, 1.54) is 11.1 Å². The SMILES string of the molecule is CCc1ccc(CCC(=O)N2CCNC(=O)C2(C)C)cc1. The van der Waals surface area contributed by atoms with E-state index in [9.17, 15) is 9.59 Å². The van der Waals surface area contributed by atoms with Gasteiger partial charge < -0.3 is 10.2 Å². The molecule has 1 aliphatic heterocycles. The first-order valence-electron chi connectivity index (χ1n) is 7.61. The van der Waals surface area contributed by atoms with Crippen molar-refractivity contribution in [3.05, 3.63) is 35.4 Å². The Morgan fingerprint density at radius 1 is 1.24 bits per heavy atom. The van der Waals surface area contributed by atoms with Gasteiger partial charge in [-0.25, -0.2) is 0 Å². The minimum absolute atomic E-state index is 0.0504. The number of amides is 2. The van der Waals surface area contributed by atoms with Crippen molar-refractivity contribution >= 4 is 11.8 Å². The Hall–Kier alpha value is -1.84. The first-order valence-corrected chi connectivity index (χ1v) is 7.61. The molecule has 1 fully saturated rings. The van der Waals surface area contributed by atoms with Crippen LogP contribution in [0, 0.1) is 0 Å². The van der Waals surface area contributed by atoms with Gasteiger partial charge in [-0.1, -0.05) is 31.2 Å². The van der Waals surface area contributed by atoms with Crippen molar-refractivity contribution in [3.63, 3.8) is 0 Å². The third kappa shape index (κ3) is 3.43. The van der Waals surface area contributed by atoms with Crippen LogP contribution in [0.4, 0.5) is 0 Å². The Bertz CT molecular complexity index is 520. The van der Waals surface area contributed by atoms with Crippen LogP contribution in [0.25, 0.3) is 0 Å². The van der Waals surface area contributed by atoms with Gasteiger partial charge in [0.2, 0.25) is 11.8 Å². The van der Waals surface area contributed by atoms with Gasteiger partial charge in [0.05, 0.1) is 0 Å². The molecule has 0 radical (unpaired) electrons.